The van der Waals surface area contributed by atoms with E-state index >= 15 is 0 Å². The fourth-order valence-electron chi connectivity index (χ4n) is 2.20. The van der Waals surface area contributed by atoms with Crippen LogP contribution in [0.15, 0.2) is 0 Å². The molecule has 1 N–H and O–H groups in total. The molecular weight excluding hydrogens is 198 g/mol. The zero-order valence-corrected chi connectivity index (χ0v) is 9.50. The molecule has 82 valence electrons. The summed E-state index contributed by atoms with van der Waals surface area (Å²) in [4.78, 5) is 2.29. The fourth-order valence-corrected chi connectivity index (χ4v) is 3.48. The summed E-state index contributed by atoms with van der Waals surface area (Å²) >= 11 is 1.95. The molecule has 0 saturated carbocycles. The largest absolute Gasteiger partial charge is 0.391 e. The van der Waals surface area contributed by atoms with Crippen LogP contribution in [-0.2, 0) is 4.74 Å². The van der Waals surface area contributed by atoms with Crippen molar-refractivity contribution < 1.29 is 9.84 Å². The quantitative estimate of drug-likeness (QED) is 0.727. The van der Waals surface area contributed by atoms with Crippen LogP contribution in [0.5, 0.6) is 0 Å². The van der Waals surface area contributed by atoms with Gasteiger partial charge >= 0.3 is 0 Å². The number of aliphatic hydroxyl groups is 1. The summed E-state index contributed by atoms with van der Waals surface area (Å²) < 4.78 is 5.32. The number of likely N-dealkylation sites (N-methyl/N-ethyl adjacent to an activating group) is 1. The van der Waals surface area contributed by atoms with Gasteiger partial charge in [-0.3, -0.25) is 4.90 Å². The summed E-state index contributed by atoms with van der Waals surface area (Å²) in [6, 6.07) is 0.334. The maximum absolute atomic E-state index is 10.2. The molecule has 0 spiro atoms. The first-order valence-electron chi connectivity index (χ1n) is 5.33. The van der Waals surface area contributed by atoms with Crippen LogP contribution in [0.1, 0.15) is 6.42 Å². The van der Waals surface area contributed by atoms with E-state index in [2.05, 4.69) is 11.9 Å². The molecular formula is C10H19NO2S. The van der Waals surface area contributed by atoms with Gasteiger partial charge in [-0.05, 0) is 13.5 Å². The van der Waals surface area contributed by atoms with Gasteiger partial charge in [0.2, 0.25) is 0 Å². The molecule has 2 rings (SSSR count). The van der Waals surface area contributed by atoms with E-state index in [1.165, 1.54) is 5.75 Å². The van der Waals surface area contributed by atoms with Gasteiger partial charge in [0.15, 0.2) is 0 Å². The molecule has 2 fully saturated rings. The molecule has 0 aromatic carbocycles. The van der Waals surface area contributed by atoms with Crippen LogP contribution in [0, 0.1) is 5.92 Å². The summed E-state index contributed by atoms with van der Waals surface area (Å²) in [6.07, 6.45) is 0.825. The molecule has 0 aliphatic carbocycles. The Bertz CT molecular complexity index is 185. The van der Waals surface area contributed by atoms with Gasteiger partial charge in [-0.1, -0.05) is 0 Å². The topological polar surface area (TPSA) is 32.7 Å². The molecule has 3 unspecified atom stereocenters. The van der Waals surface area contributed by atoms with Crippen molar-refractivity contribution in [1.82, 2.24) is 4.90 Å². The monoisotopic (exact) mass is 217 g/mol. The Balaban J connectivity index is 1.91. The molecule has 2 saturated heterocycles. The minimum absolute atomic E-state index is 0.199. The number of nitrogens with zero attached hydrogens (tertiary/aromatic N) is 1. The van der Waals surface area contributed by atoms with Gasteiger partial charge < -0.3 is 9.84 Å². The van der Waals surface area contributed by atoms with Gasteiger partial charge in [-0.2, -0.15) is 11.8 Å². The first-order chi connectivity index (χ1) is 6.79. The predicted molar refractivity (Wildman–Crippen MR) is 58.7 cm³/mol. The Morgan fingerprint density at radius 3 is 3.07 bits per heavy atom. The maximum atomic E-state index is 10.2. The predicted octanol–water partition coefficient (Wildman–Crippen LogP) is 0.431. The van der Waals surface area contributed by atoms with Crippen molar-refractivity contribution in [1.29, 1.82) is 0 Å². The molecule has 0 aromatic rings. The highest BCUT2D eigenvalue weighted by atomic mass is 32.2. The smallest absolute Gasteiger partial charge is 0.0754 e. The molecule has 3 nitrogen and oxygen atoms in total. The van der Waals surface area contributed by atoms with E-state index < -0.39 is 0 Å². The second kappa shape index (κ2) is 4.84. The summed E-state index contributed by atoms with van der Waals surface area (Å²) in [6.45, 7) is 2.67. The molecule has 3 atom stereocenters. The zero-order valence-electron chi connectivity index (χ0n) is 8.69. The van der Waals surface area contributed by atoms with Crippen LogP contribution in [0.2, 0.25) is 0 Å². The Morgan fingerprint density at radius 1 is 1.57 bits per heavy atom. The lowest BCUT2D eigenvalue weighted by atomic mass is 9.95. The first kappa shape index (κ1) is 10.7. The van der Waals surface area contributed by atoms with Crippen LogP contribution in [0.3, 0.4) is 0 Å². The minimum atomic E-state index is -0.199. The van der Waals surface area contributed by atoms with Crippen molar-refractivity contribution >= 4 is 11.8 Å². The van der Waals surface area contributed by atoms with E-state index in [0.29, 0.717) is 12.0 Å². The van der Waals surface area contributed by atoms with Crippen molar-refractivity contribution in [3.8, 4) is 0 Å². The Labute approximate surface area is 89.8 Å². The number of hydrogen-bond acceptors (Lipinski definition) is 4. The van der Waals surface area contributed by atoms with Crippen LogP contribution >= 0.6 is 11.8 Å². The molecule has 2 aliphatic rings. The Hall–Kier alpha value is 0.230. The van der Waals surface area contributed by atoms with E-state index in [-0.39, 0.29) is 6.10 Å². The van der Waals surface area contributed by atoms with Crippen LogP contribution < -0.4 is 0 Å². The first-order valence-corrected chi connectivity index (χ1v) is 6.48. The summed E-state index contributed by atoms with van der Waals surface area (Å²) in [5, 5.41) is 10.2. The minimum Gasteiger partial charge on any atom is -0.391 e. The summed E-state index contributed by atoms with van der Waals surface area (Å²) in [7, 11) is 2.11. The number of thioether (sulfide) groups is 1. The van der Waals surface area contributed by atoms with Crippen molar-refractivity contribution in [2.24, 2.45) is 5.92 Å². The highest BCUT2D eigenvalue weighted by Crippen LogP contribution is 2.25. The lowest BCUT2D eigenvalue weighted by Crippen LogP contribution is -2.49. The highest BCUT2D eigenvalue weighted by molar-refractivity contribution is 7.99. The molecule has 0 amide bonds. The van der Waals surface area contributed by atoms with Gasteiger partial charge in [-0.25, -0.2) is 0 Å². The van der Waals surface area contributed by atoms with Crippen molar-refractivity contribution in [2.45, 2.75) is 18.6 Å². The van der Waals surface area contributed by atoms with Crippen molar-refractivity contribution in [3.05, 3.63) is 0 Å². The maximum Gasteiger partial charge on any atom is 0.0754 e. The van der Waals surface area contributed by atoms with E-state index in [1.54, 1.807) is 0 Å². The highest BCUT2D eigenvalue weighted by Gasteiger charge is 2.33. The molecule has 14 heavy (non-hydrogen) atoms. The van der Waals surface area contributed by atoms with Crippen molar-refractivity contribution in [2.75, 3.05) is 38.3 Å². The van der Waals surface area contributed by atoms with Gasteiger partial charge in [-0.15, -0.1) is 0 Å². The standard InChI is InChI=1S/C10H19NO2S/c1-11-3-5-14-7-9(11)10(12)8-2-4-13-6-8/h8-10,12H,2-7H2,1H3. The molecule has 0 radical (unpaired) electrons. The SMILES string of the molecule is CN1CCSCC1C(O)C1CCOC1. The average molecular weight is 217 g/mol. The van der Waals surface area contributed by atoms with Crippen LogP contribution in [-0.4, -0.2) is 60.5 Å². The number of ether oxygens (including phenoxy) is 1. The Kier molecular flexibility index (Phi) is 3.71. The summed E-state index contributed by atoms with van der Waals surface area (Å²) in [5.74, 6) is 2.62. The van der Waals surface area contributed by atoms with Gasteiger partial charge in [0.05, 0.1) is 12.7 Å². The number of rotatable bonds is 2. The molecule has 2 heterocycles. The summed E-state index contributed by atoms with van der Waals surface area (Å²) in [5.41, 5.74) is 0. The van der Waals surface area contributed by atoms with E-state index in [9.17, 15) is 5.11 Å². The number of hydrogen-bond donors (Lipinski definition) is 1. The molecule has 2 aliphatic heterocycles. The van der Waals surface area contributed by atoms with E-state index in [4.69, 9.17) is 4.74 Å². The third-order valence-corrected chi connectivity index (χ3v) is 4.33. The normalized spacial score (nSPS) is 37.3. The Morgan fingerprint density at radius 2 is 2.43 bits per heavy atom. The fraction of sp³-hybridized carbons (Fsp3) is 1.00. The van der Waals surface area contributed by atoms with Crippen LogP contribution in [0.25, 0.3) is 0 Å². The number of aliphatic hydroxyl groups excluding tert-OH is 1. The third kappa shape index (κ3) is 2.24. The van der Waals surface area contributed by atoms with Crippen LogP contribution in [0.4, 0.5) is 0 Å². The third-order valence-electron chi connectivity index (χ3n) is 3.29. The van der Waals surface area contributed by atoms with E-state index in [0.717, 1.165) is 31.9 Å². The van der Waals surface area contributed by atoms with Gasteiger partial charge in [0, 0.05) is 36.6 Å². The zero-order chi connectivity index (χ0) is 9.97. The molecule has 0 aromatic heterocycles. The van der Waals surface area contributed by atoms with Gasteiger partial charge in [0.1, 0.15) is 0 Å². The molecule has 0 bridgehead atoms. The van der Waals surface area contributed by atoms with E-state index in [1.807, 2.05) is 11.8 Å². The molecule has 4 heteroatoms. The lowest BCUT2D eigenvalue weighted by Gasteiger charge is -2.37. The second-order valence-electron chi connectivity index (χ2n) is 4.24. The van der Waals surface area contributed by atoms with Crippen molar-refractivity contribution in [3.63, 3.8) is 0 Å². The lowest BCUT2D eigenvalue weighted by molar-refractivity contribution is 0.0255. The average Bonchev–Trinajstić information content (AvgIpc) is 2.70. The second-order valence-corrected chi connectivity index (χ2v) is 5.39. The van der Waals surface area contributed by atoms with Gasteiger partial charge in [0.25, 0.3) is 0 Å².